The summed E-state index contributed by atoms with van der Waals surface area (Å²) >= 11 is 0. The first kappa shape index (κ1) is 11.4. The Morgan fingerprint density at radius 1 is 1.06 bits per heavy atom. The SMILES string of the molecule is C[C@H](/C=C/C1CCCCC1)c1ccccc1. The van der Waals surface area contributed by atoms with Crippen LogP contribution in [0.5, 0.6) is 0 Å². The smallest absolute Gasteiger partial charge is 0.00103 e. The van der Waals surface area contributed by atoms with Crippen molar-refractivity contribution in [1.29, 1.82) is 0 Å². The molecule has 0 aliphatic heterocycles. The molecule has 16 heavy (non-hydrogen) atoms. The highest BCUT2D eigenvalue weighted by atomic mass is 14.2. The number of rotatable bonds is 3. The van der Waals surface area contributed by atoms with Gasteiger partial charge >= 0.3 is 0 Å². The summed E-state index contributed by atoms with van der Waals surface area (Å²) in [6.07, 6.45) is 11.9. The van der Waals surface area contributed by atoms with E-state index in [1.54, 1.807) is 0 Å². The maximum atomic E-state index is 2.46. The maximum absolute atomic E-state index is 2.46. The van der Waals surface area contributed by atoms with Gasteiger partial charge in [0, 0.05) is 0 Å². The van der Waals surface area contributed by atoms with Gasteiger partial charge < -0.3 is 0 Å². The minimum atomic E-state index is 0.558. The summed E-state index contributed by atoms with van der Waals surface area (Å²) < 4.78 is 0. The lowest BCUT2D eigenvalue weighted by Gasteiger charge is -2.18. The van der Waals surface area contributed by atoms with Crippen LogP contribution in [0.15, 0.2) is 42.5 Å². The van der Waals surface area contributed by atoms with Crippen LogP contribution >= 0.6 is 0 Å². The molecule has 0 saturated heterocycles. The highest BCUT2D eigenvalue weighted by Crippen LogP contribution is 2.26. The van der Waals surface area contributed by atoms with Crippen molar-refractivity contribution in [2.24, 2.45) is 5.92 Å². The molecule has 0 bridgehead atoms. The fourth-order valence-electron chi connectivity index (χ4n) is 2.52. The Balaban J connectivity index is 1.91. The van der Waals surface area contributed by atoms with Crippen molar-refractivity contribution in [2.75, 3.05) is 0 Å². The number of benzene rings is 1. The van der Waals surface area contributed by atoms with Crippen LogP contribution in [-0.4, -0.2) is 0 Å². The quantitative estimate of drug-likeness (QED) is 0.626. The van der Waals surface area contributed by atoms with Crippen LogP contribution in [0.4, 0.5) is 0 Å². The van der Waals surface area contributed by atoms with Gasteiger partial charge in [0.1, 0.15) is 0 Å². The lowest BCUT2D eigenvalue weighted by Crippen LogP contribution is -2.03. The van der Waals surface area contributed by atoms with Gasteiger partial charge in [0.15, 0.2) is 0 Å². The molecule has 0 amide bonds. The summed E-state index contributed by atoms with van der Waals surface area (Å²) in [5, 5.41) is 0. The third-order valence-electron chi connectivity index (χ3n) is 3.65. The van der Waals surface area contributed by atoms with Crippen LogP contribution in [0.2, 0.25) is 0 Å². The van der Waals surface area contributed by atoms with Gasteiger partial charge in [0.05, 0.1) is 0 Å². The van der Waals surface area contributed by atoms with Crippen LogP contribution in [-0.2, 0) is 0 Å². The minimum Gasteiger partial charge on any atom is -0.0848 e. The lowest BCUT2D eigenvalue weighted by molar-refractivity contribution is 0.418. The molecule has 1 aromatic carbocycles. The Hall–Kier alpha value is -1.04. The van der Waals surface area contributed by atoms with Gasteiger partial charge in [-0.1, -0.05) is 68.7 Å². The van der Waals surface area contributed by atoms with E-state index in [2.05, 4.69) is 49.4 Å². The van der Waals surface area contributed by atoms with Crippen LogP contribution in [0.3, 0.4) is 0 Å². The molecule has 0 N–H and O–H groups in total. The summed E-state index contributed by atoms with van der Waals surface area (Å²) in [7, 11) is 0. The standard InChI is InChI=1S/C16H22/c1-14(16-10-6-3-7-11-16)12-13-15-8-4-2-5-9-15/h3,6-7,10-15H,2,4-5,8-9H2,1H3/b13-12+/t14-/m1/s1. The van der Waals surface area contributed by atoms with E-state index in [-0.39, 0.29) is 0 Å². The molecule has 0 heterocycles. The Morgan fingerprint density at radius 3 is 2.44 bits per heavy atom. The maximum Gasteiger partial charge on any atom is -0.00103 e. The zero-order valence-corrected chi connectivity index (χ0v) is 10.2. The topological polar surface area (TPSA) is 0 Å². The Bertz CT molecular complexity index is 317. The first-order valence-electron chi connectivity index (χ1n) is 6.59. The van der Waals surface area contributed by atoms with E-state index in [0.29, 0.717) is 5.92 Å². The van der Waals surface area contributed by atoms with Gasteiger partial charge in [0.25, 0.3) is 0 Å². The molecule has 1 aromatic rings. The molecule has 1 fully saturated rings. The molecule has 1 saturated carbocycles. The van der Waals surface area contributed by atoms with Gasteiger partial charge in [-0.05, 0) is 30.2 Å². The van der Waals surface area contributed by atoms with E-state index < -0.39 is 0 Å². The Labute approximate surface area is 99.4 Å². The second-order valence-corrected chi connectivity index (χ2v) is 4.98. The van der Waals surface area contributed by atoms with Crippen LogP contribution in [0, 0.1) is 5.92 Å². The number of hydrogen-bond donors (Lipinski definition) is 0. The van der Waals surface area contributed by atoms with Gasteiger partial charge in [0.2, 0.25) is 0 Å². The van der Waals surface area contributed by atoms with Crippen molar-refractivity contribution in [3.05, 3.63) is 48.0 Å². The molecule has 0 radical (unpaired) electrons. The van der Waals surface area contributed by atoms with E-state index in [1.807, 2.05) is 0 Å². The van der Waals surface area contributed by atoms with Crippen LogP contribution in [0.25, 0.3) is 0 Å². The molecule has 1 atom stereocenters. The first-order valence-corrected chi connectivity index (χ1v) is 6.59. The lowest BCUT2D eigenvalue weighted by atomic mass is 9.88. The fourth-order valence-corrected chi connectivity index (χ4v) is 2.52. The fraction of sp³-hybridized carbons (Fsp3) is 0.500. The van der Waals surface area contributed by atoms with Crippen molar-refractivity contribution in [1.82, 2.24) is 0 Å². The van der Waals surface area contributed by atoms with Crippen LogP contribution in [0.1, 0.15) is 50.5 Å². The molecule has 0 spiro atoms. The second-order valence-electron chi connectivity index (χ2n) is 4.98. The first-order chi connectivity index (χ1) is 7.86. The predicted octanol–water partition coefficient (Wildman–Crippen LogP) is 4.93. The molecule has 0 nitrogen and oxygen atoms in total. The average molecular weight is 214 g/mol. The summed E-state index contributed by atoms with van der Waals surface area (Å²) in [5.41, 5.74) is 1.43. The monoisotopic (exact) mass is 214 g/mol. The van der Waals surface area contributed by atoms with E-state index >= 15 is 0 Å². The van der Waals surface area contributed by atoms with Crippen molar-refractivity contribution < 1.29 is 0 Å². The predicted molar refractivity (Wildman–Crippen MR) is 70.6 cm³/mol. The molecule has 1 aliphatic rings. The van der Waals surface area contributed by atoms with Crippen molar-refractivity contribution in [3.63, 3.8) is 0 Å². The number of allylic oxidation sites excluding steroid dienone is 2. The van der Waals surface area contributed by atoms with Gasteiger partial charge in [-0.2, -0.15) is 0 Å². The van der Waals surface area contributed by atoms with E-state index in [9.17, 15) is 0 Å². The molecular weight excluding hydrogens is 192 g/mol. The molecule has 2 rings (SSSR count). The van der Waals surface area contributed by atoms with E-state index in [0.717, 1.165) is 5.92 Å². The summed E-state index contributed by atoms with van der Waals surface area (Å²) in [5.74, 6) is 1.41. The van der Waals surface area contributed by atoms with E-state index in [4.69, 9.17) is 0 Å². The number of hydrogen-bond acceptors (Lipinski definition) is 0. The Morgan fingerprint density at radius 2 is 1.75 bits per heavy atom. The largest absolute Gasteiger partial charge is 0.0848 e. The summed E-state index contributed by atoms with van der Waals surface area (Å²) in [6, 6.07) is 10.8. The highest BCUT2D eigenvalue weighted by molar-refractivity contribution is 5.22. The zero-order valence-electron chi connectivity index (χ0n) is 10.2. The minimum absolute atomic E-state index is 0.558. The zero-order chi connectivity index (χ0) is 11.2. The second kappa shape index (κ2) is 5.89. The van der Waals surface area contributed by atoms with Gasteiger partial charge in [-0.15, -0.1) is 0 Å². The average Bonchev–Trinajstić information content (AvgIpc) is 2.38. The van der Waals surface area contributed by atoms with Gasteiger partial charge in [-0.25, -0.2) is 0 Å². The molecular formula is C16H22. The summed E-state index contributed by atoms with van der Waals surface area (Å²) in [4.78, 5) is 0. The van der Waals surface area contributed by atoms with E-state index in [1.165, 1.54) is 37.7 Å². The van der Waals surface area contributed by atoms with Crippen LogP contribution < -0.4 is 0 Å². The molecule has 0 aromatic heterocycles. The molecule has 1 aliphatic carbocycles. The third-order valence-corrected chi connectivity index (χ3v) is 3.65. The van der Waals surface area contributed by atoms with Crippen molar-refractivity contribution >= 4 is 0 Å². The highest BCUT2D eigenvalue weighted by Gasteiger charge is 2.10. The van der Waals surface area contributed by atoms with Crippen molar-refractivity contribution in [3.8, 4) is 0 Å². The third kappa shape index (κ3) is 3.23. The Kier molecular flexibility index (Phi) is 4.21. The molecule has 86 valence electrons. The molecule has 0 heteroatoms. The van der Waals surface area contributed by atoms with Crippen molar-refractivity contribution in [2.45, 2.75) is 44.9 Å². The normalized spacial score (nSPS) is 20.1. The van der Waals surface area contributed by atoms with Gasteiger partial charge in [-0.3, -0.25) is 0 Å². The molecule has 0 unspecified atom stereocenters. The summed E-state index contributed by atoms with van der Waals surface area (Å²) in [6.45, 7) is 2.29.